The lowest BCUT2D eigenvalue weighted by Gasteiger charge is -2.11. The number of ether oxygens (including phenoxy) is 1. The average molecular weight is 457 g/mol. The van der Waals surface area contributed by atoms with Crippen LogP contribution in [-0.2, 0) is 16.4 Å². The smallest absolute Gasteiger partial charge is 0.259 e. The molecule has 0 bridgehead atoms. The Morgan fingerprint density at radius 3 is 2.35 bits per heavy atom. The van der Waals surface area contributed by atoms with E-state index in [1.54, 1.807) is 36.0 Å². The summed E-state index contributed by atoms with van der Waals surface area (Å²) in [4.78, 5) is 13.8. The molecular formula is C23H24N2O4S2. The van der Waals surface area contributed by atoms with Crippen LogP contribution in [0.25, 0.3) is 0 Å². The second-order valence-electron chi connectivity index (χ2n) is 6.68. The predicted octanol–water partition coefficient (Wildman–Crippen LogP) is 4.19. The maximum atomic E-state index is 12.6. The zero-order chi connectivity index (χ0) is 22.3. The number of carbonyl (C=O) groups is 1. The van der Waals surface area contributed by atoms with Gasteiger partial charge in [-0.05, 0) is 60.7 Å². The number of rotatable bonds is 9. The molecule has 3 rings (SSSR count). The van der Waals surface area contributed by atoms with Crippen molar-refractivity contribution in [2.24, 2.45) is 0 Å². The number of thioether (sulfide) groups is 1. The summed E-state index contributed by atoms with van der Waals surface area (Å²) in [5.41, 5.74) is 1.95. The van der Waals surface area contributed by atoms with Gasteiger partial charge >= 0.3 is 0 Å². The molecule has 0 spiro atoms. The number of sulfonamides is 1. The monoisotopic (exact) mass is 456 g/mol. The number of nitrogens with one attached hydrogen (secondary N) is 2. The third kappa shape index (κ3) is 6.10. The van der Waals surface area contributed by atoms with Crippen LogP contribution in [0.2, 0.25) is 0 Å². The number of hydrogen-bond acceptors (Lipinski definition) is 5. The lowest BCUT2D eigenvalue weighted by atomic mass is 10.2. The highest BCUT2D eigenvalue weighted by molar-refractivity contribution is 7.98. The normalized spacial score (nSPS) is 11.2. The van der Waals surface area contributed by atoms with Crippen molar-refractivity contribution in [3.63, 3.8) is 0 Å². The van der Waals surface area contributed by atoms with E-state index in [2.05, 4.69) is 10.0 Å². The number of methoxy groups -OCH3 is 1. The second kappa shape index (κ2) is 10.5. The maximum Gasteiger partial charge on any atom is 0.259 e. The van der Waals surface area contributed by atoms with E-state index in [1.807, 2.05) is 42.7 Å². The Balaban J connectivity index is 1.63. The van der Waals surface area contributed by atoms with Crippen molar-refractivity contribution in [3.05, 3.63) is 83.9 Å². The summed E-state index contributed by atoms with van der Waals surface area (Å²) in [5.74, 6) is 0.146. The highest BCUT2D eigenvalue weighted by Crippen LogP contribution is 2.26. The second-order valence-corrected chi connectivity index (χ2v) is 9.32. The molecule has 0 unspecified atom stereocenters. The Kier molecular flexibility index (Phi) is 7.73. The largest absolute Gasteiger partial charge is 0.496 e. The third-order valence-corrected chi connectivity index (χ3v) is 6.83. The van der Waals surface area contributed by atoms with Gasteiger partial charge in [-0.1, -0.05) is 30.3 Å². The van der Waals surface area contributed by atoms with Gasteiger partial charge in [-0.25, -0.2) is 13.1 Å². The van der Waals surface area contributed by atoms with E-state index < -0.39 is 10.0 Å². The van der Waals surface area contributed by atoms with E-state index in [9.17, 15) is 13.2 Å². The summed E-state index contributed by atoms with van der Waals surface area (Å²) in [6.07, 6.45) is 2.55. The Labute approximate surface area is 187 Å². The number of hydrogen-bond donors (Lipinski definition) is 2. The molecule has 3 aromatic carbocycles. The zero-order valence-corrected chi connectivity index (χ0v) is 18.9. The molecule has 0 atom stereocenters. The maximum absolute atomic E-state index is 12.6. The molecule has 3 aromatic rings. The van der Waals surface area contributed by atoms with Crippen molar-refractivity contribution in [2.75, 3.05) is 25.2 Å². The predicted molar refractivity (Wildman–Crippen MR) is 125 cm³/mol. The topological polar surface area (TPSA) is 84.5 Å². The van der Waals surface area contributed by atoms with E-state index in [1.165, 1.54) is 19.2 Å². The standard InChI is InChI=1S/C23H24N2O4S2/c1-29-22-16-19(30-2)10-13-21(22)23(26)25-18-8-11-20(12-9-18)31(27,28)24-15-14-17-6-4-3-5-7-17/h3-13,16,24H,14-15H2,1-2H3,(H,25,26). The summed E-state index contributed by atoms with van der Waals surface area (Å²) in [5, 5.41) is 2.77. The molecule has 0 saturated carbocycles. The summed E-state index contributed by atoms with van der Waals surface area (Å²) in [7, 11) is -2.12. The van der Waals surface area contributed by atoms with Gasteiger partial charge in [-0.15, -0.1) is 11.8 Å². The molecule has 0 aliphatic rings. The van der Waals surface area contributed by atoms with Crippen LogP contribution in [-0.4, -0.2) is 34.2 Å². The van der Waals surface area contributed by atoms with Crippen LogP contribution in [0.5, 0.6) is 5.75 Å². The minimum absolute atomic E-state index is 0.139. The fourth-order valence-corrected chi connectivity index (χ4v) is 4.42. The van der Waals surface area contributed by atoms with Gasteiger partial charge in [0.1, 0.15) is 5.75 Å². The lowest BCUT2D eigenvalue weighted by Crippen LogP contribution is -2.26. The van der Waals surface area contributed by atoms with Gasteiger partial charge in [0, 0.05) is 17.1 Å². The molecule has 8 heteroatoms. The quantitative estimate of drug-likeness (QED) is 0.472. The van der Waals surface area contributed by atoms with Crippen LogP contribution >= 0.6 is 11.8 Å². The fourth-order valence-electron chi connectivity index (χ4n) is 2.96. The van der Waals surface area contributed by atoms with Gasteiger partial charge in [0.2, 0.25) is 10.0 Å². The fraction of sp³-hybridized carbons (Fsp3) is 0.174. The first-order valence-corrected chi connectivity index (χ1v) is 12.3. The average Bonchev–Trinajstić information content (AvgIpc) is 2.79. The molecule has 2 N–H and O–H groups in total. The van der Waals surface area contributed by atoms with Crippen molar-refractivity contribution in [1.82, 2.24) is 4.72 Å². The Hall–Kier alpha value is -2.81. The summed E-state index contributed by atoms with van der Waals surface area (Å²) >= 11 is 1.56. The minimum Gasteiger partial charge on any atom is -0.496 e. The molecule has 0 aliphatic carbocycles. The Morgan fingerprint density at radius 1 is 1.00 bits per heavy atom. The van der Waals surface area contributed by atoms with Gasteiger partial charge in [-0.2, -0.15) is 0 Å². The number of anilines is 1. The molecule has 0 aromatic heterocycles. The molecule has 162 valence electrons. The highest BCUT2D eigenvalue weighted by Gasteiger charge is 2.16. The zero-order valence-electron chi connectivity index (χ0n) is 17.3. The molecule has 31 heavy (non-hydrogen) atoms. The van der Waals surface area contributed by atoms with Gasteiger partial charge < -0.3 is 10.1 Å². The van der Waals surface area contributed by atoms with Crippen molar-refractivity contribution in [3.8, 4) is 5.75 Å². The number of amides is 1. The Bertz CT molecular complexity index is 1130. The molecule has 6 nitrogen and oxygen atoms in total. The van der Waals surface area contributed by atoms with Crippen LogP contribution in [0.1, 0.15) is 15.9 Å². The van der Waals surface area contributed by atoms with Crippen LogP contribution in [0.4, 0.5) is 5.69 Å². The van der Waals surface area contributed by atoms with Gasteiger partial charge in [0.15, 0.2) is 0 Å². The van der Waals surface area contributed by atoms with E-state index in [0.29, 0.717) is 30.0 Å². The highest BCUT2D eigenvalue weighted by atomic mass is 32.2. The van der Waals surface area contributed by atoms with E-state index in [4.69, 9.17) is 4.74 Å². The molecular weight excluding hydrogens is 432 g/mol. The van der Waals surface area contributed by atoms with Gasteiger partial charge in [0.05, 0.1) is 17.6 Å². The van der Waals surface area contributed by atoms with E-state index in [0.717, 1.165) is 10.5 Å². The summed E-state index contributed by atoms with van der Waals surface area (Å²) in [6, 6.07) is 21.1. The molecule has 0 fully saturated rings. The van der Waals surface area contributed by atoms with Crippen molar-refractivity contribution >= 4 is 33.4 Å². The molecule has 1 amide bonds. The van der Waals surface area contributed by atoms with Crippen molar-refractivity contribution in [2.45, 2.75) is 16.2 Å². The lowest BCUT2D eigenvalue weighted by molar-refractivity contribution is 0.102. The van der Waals surface area contributed by atoms with Crippen LogP contribution in [0.3, 0.4) is 0 Å². The first-order chi connectivity index (χ1) is 14.9. The van der Waals surface area contributed by atoms with Crippen LogP contribution < -0.4 is 14.8 Å². The minimum atomic E-state index is -3.63. The number of benzene rings is 3. The molecule has 0 aliphatic heterocycles. The van der Waals surface area contributed by atoms with E-state index >= 15 is 0 Å². The van der Waals surface area contributed by atoms with Crippen LogP contribution in [0.15, 0.2) is 82.6 Å². The van der Waals surface area contributed by atoms with Crippen molar-refractivity contribution < 1.29 is 17.9 Å². The Morgan fingerprint density at radius 2 is 1.71 bits per heavy atom. The molecule has 0 saturated heterocycles. The molecule has 0 heterocycles. The first kappa shape index (κ1) is 22.9. The van der Waals surface area contributed by atoms with Crippen LogP contribution in [0, 0.1) is 0 Å². The molecule has 0 radical (unpaired) electrons. The summed E-state index contributed by atoms with van der Waals surface area (Å²) in [6.45, 7) is 0.302. The van der Waals surface area contributed by atoms with Gasteiger partial charge in [-0.3, -0.25) is 4.79 Å². The van der Waals surface area contributed by atoms with Gasteiger partial charge in [0.25, 0.3) is 5.91 Å². The first-order valence-electron chi connectivity index (χ1n) is 9.60. The number of carbonyl (C=O) groups excluding carboxylic acids is 1. The van der Waals surface area contributed by atoms with E-state index in [-0.39, 0.29) is 10.8 Å². The summed E-state index contributed by atoms with van der Waals surface area (Å²) < 4.78 is 32.9. The SMILES string of the molecule is COc1cc(SC)ccc1C(=O)Nc1ccc(S(=O)(=O)NCCc2ccccc2)cc1. The van der Waals surface area contributed by atoms with Crippen molar-refractivity contribution in [1.29, 1.82) is 0 Å². The third-order valence-electron chi connectivity index (χ3n) is 4.62.